The van der Waals surface area contributed by atoms with Gasteiger partial charge in [-0.25, -0.2) is 4.39 Å². The lowest BCUT2D eigenvalue weighted by Crippen LogP contribution is -2.31. The Kier molecular flexibility index (Phi) is 4.67. The molecule has 2 rings (SSSR count). The molecule has 0 saturated heterocycles. The number of carboxylic acids is 1. The van der Waals surface area contributed by atoms with Gasteiger partial charge in [0.1, 0.15) is 5.83 Å². The molecule has 1 aromatic rings. The number of carbonyl (C=O) groups excluding carboxylic acids is 2. The van der Waals surface area contributed by atoms with E-state index < -0.39 is 17.8 Å². The van der Waals surface area contributed by atoms with Crippen LogP contribution in [0, 0.1) is 0 Å². The smallest absolute Gasteiger partial charge is 0.327 e. The summed E-state index contributed by atoms with van der Waals surface area (Å²) in [5.74, 6) is -3.12. The minimum atomic E-state index is -1.68. The minimum absolute atomic E-state index is 0.137. The number of nitrogens with two attached hydrogens (primary N) is 1. The molecule has 6 nitrogen and oxygen atoms in total. The fraction of sp³-hybridized carbons (Fsp3) is 0.267. The predicted molar refractivity (Wildman–Crippen MR) is 75.8 cm³/mol. The van der Waals surface area contributed by atoms with Crippen molar-refractivity contribution in [3.05, 3.63) is 47.3 Å². The lowest BCUT2D eigenvalue weighted by atomic mass is 10.1. The van der Waals surface area contributed by atoms with Gasteiger partial charge in [0.05, 0.1) is 11.1 Å². The van der Waals surface area contributed by atoms with E-state index in [1.54, 1.807) is 24.3 Å². The molecule has 0 saturated carbocycles. The number of imide groups is 1. The van der Waals surface area contributed by atoms with Crippen molar-refractivity contribution in [2.24, 2.45) is 5.73 Å². The average molecular weight is 306 g/mol. The van der Waals surface area contributed by atoms with E-state index in [0.717, 1.165) is 11.0 Å². The number of fused-ring (bicyclic) bond motifs is 1. The van der Waals surface area contributed by atoms with Gasteiger partial charge in [-0.05, 0) is 25.0 Å². The van der Waals surface area contributed by atoms with Gasteiger partial charge in [0, 0.05) is 6.54 Å². The summed E-state index contributed by atoms with van der Waals surface area (Å²) in [4.78, 5) is 35.7. The summed E-state index contributed by atoms with van der Waals surface area (Å²) in [7, 11) is 0. The van der Waals surface area contributed by atoms with Crippen LogP contribution < -0.4 is 5.73 Å². The lowest BCUT2D eigenvalue weighted by molar-refractivity contribution is -0.137. The second-order valence-corrected chi connectivity index (χ2v) is 4.85. The molecule has 1 aliphatic rings. The summed E-state index contributed by atoms with van der Waals surface area (Å²) in [5.41, 5.74) is 5.83. The van der Waals surface area contributed by atoms with Crippen molar-refractivity contribution >= 4 is 17.8 Å². The summed E-state index contributed by atoms with van der Waals surface area (Å²) in [6, 6.07) is 4.85. The van der Waals surface area contributed by atoms with Gasteiger partial charge >= 0.3 is 5.97 Å². The van der Waals surface area contributed by atoms with Gasteiger partial charge in [0.2, 0.25) is 0 Å². The fourth-order valence-electron chi connectivity index (χ4n) is 2.18. The van der Waals surface area contributed by atoms with E-state index in [1.165, 1.54) is 0 Å². The van der Waals surface area contributed by atoms with E-state index in [4.69, 9.17) is 10.8 Å². The van der Waals surface area contributed by atoms with Crippen LogP contribution in [0.4, 0.5) is 4.39 Å². The van der Waals surface area contributed by atoms with Crippen LogP contribution in [0.2, 0.25) is 0 Å². The zero-order valence-corrected chi connectivity index (χ0v) is 11.7. The third-order valence-electron chi connectivity index (χ3n) is 3.37. The molecule has 2 amide bonds. The van der Waals surface area contributed by atoms with Gasteiger partial charge in [-0.3, -0.25) is 19.3 Å². The summed E-state index contributed by atoms with van der Waals surface area (Å²) in [6.07, 6.45) is 1.57. The van der Waals surface area contributed by atoms with Crippen LogP contribution in [0.1, 0.15) is 33.6 Å². The number of hydrogen-bond acceptors (Lipinski definition) is 4. The first-order valence-electron chi connectivity index (χ1n) is 6.72. The second kappa shape index (κ2) is 6.48. The van der Waals surface area contributed by atoms with Gasteiger partial charge in [-0.2, -0.15) is 0 Å². The molecule has 0 aromatic heterocycles. The third-order valence-corrected chi connectivity index (χ3v) is 3.37. The zero-order valence-electron chi connectivity index (χ0n) is 11.7. The maximum absolute atomic E-state index is 13.3. The molecule has 0 bridgehead atoms. The molecule has 0 aliphatic carbocycles. The number of nitrogens with zero attached hydrogens (tertiary/aromatic N) is 1. The molecule has 0 spiro atoms. The number of rotatable bonds is 6. The maximum Gasteiger partial charge on any atom is 0.327 e. The molecule has 1 aromatic carbocycles. The Morgan fingerprint density at radius 3 is 2.32 bits per heavy atom. The number of aliphatic carboxylic acids is 1. The number of amides is 2. The molecule has 0 radical (unpaired) electrons. The molecule has 116 valence electrons. The Balaban J connectivity index is 1.92. The van der Waals surface area contributed by atoms with E-state index >= 15 is 0 Å². The summed E-state index contributed by atoms with van der Waals surface area (Å²) in [5, 5.41) is 8.55. The SMILES string of the molecule is NC(C(=O)O)C(F)=CCCCN1C(=O)c2ccccc2C1=O. The molecular formula is C15H15FN2O4. The van der Waals surface area contributed by atoms with E-state index in [-0.39, 0.29) is 24.8 Å². The molecule has 1 heterocycles. The first-order valence-corrected chi connectivity index (χ1v) is 6.72. The number of hydrogen-bond donors (Lipinski definition) is 2. The van der Waals surface area contributed by atoms with Gasteiger partial charge < -0.3 is 10.8 Å². The molecule has 1 unspecified atom stereocenters. The van der Waals surface area contributed by atoms with Crippen molar-refractivity contribution in [3.8, 4) is 0 Å². The number of halogens is 1. The van der Waals surface area contributed by atoms with E-state index in [0.29, 0.717) is 17.5 Å². The van der Waals surface area contributed by atoms with Crippen molar-refractivity contribution in [1.29, 1.82) is 0 Å². The number of allylic oxidation sites excluding steroid dienone is 1. The molecule has 22 heavy (non-hydrogen) atoms. The largest absolute Gasteiger partial charge is 0.480 e. The Morgan fingerprint density at radius 1 is 1.27 bits per heavy atom. The molecular weight excluding hydrogens is 291 g/mol. The van der Waals surface area contributed by atoms with E-state index in [2.05, 4.69) is 0 Å². The number of carboxylic acid groups (broad SMARTS) is 1. The first-order chi connectivity index (χ1) is 10.4. The standard InChI is InChI=1S/C15H15FN2O4/c16-11(12(17)15(21)22)7-3-4-8-18-13(19)9-5-1-2-6-10(9)14(18)20/h1-2,5-7,12H,3-4,8,17H2,(H,21,22). The highest BCUT2D eigenvalue weighted by atomic mass is 19.1. The molecule has 0 fully saturated rings. The highest BCUT2D eigenvalue weighted by molar-refractivity contribution is 6.21. The van der Waals surface area contributed by atoms with Crippen molar-refractivity contribution in [2.45, 2.75) is 18.9 Å². The minimum Gasteiger partial charge on any atom is -0.480 e. The van der Waals surface area contributed by atoms with Gasteiger partial charge in [0.15, 0.2) is 6.04 Å². The van der Waals surface area contributed by atoms with E-state index in [9.17, 15) is 18.8 Å². The number of carbonyl (C=O) groups is 3. The van der Waals surface area contributed by atoms with Crippen LogP contribution in [0.3, 0.4) is 0 Å². The van der Waals surface area contributed by atoms with Crippen molar-refractivity contribution < 1.29 is 23.9 Å². The summed E-state index contributed by atoms with van der Waals surface area (Å²) in [6.45, 7) is 0.137. The summed E-state index contributed by atoms with van der Waals surface area (Å²) < 4.78 is 13.3. The lowest BCUT2D eigenvalue weighted by Gasteiger charge is -2.12. The Hall–Kier alpha value is -2.54. The third kappa shape index (κ3) is 3.04. The molecule has 7 heteroatoms. The Morgan fingerprint density at radius 2 is 1.82 bits per heavy atom. The Labute approximate surface area is 126 Å². The van der Waals surface area contributed by atoms with Crippen molar-refractivity contribution in [2.75, 3.05) is 6.54 Å². The molecule has 1 atom stereocenters. The Bertz CT molecular complexity index is 622. The van der Waals surface area contributed by atoms with E-state index in [1.807, 2.05) is 0 Å². The van der Waals surface area contributed by atoms with Crippen LogP contribution >= 0.6 is 0 Å². The van der Waals surface area contributed by atoms with Crippen LogP contribution in [0.15, 0.2) is 36.2 Å². The first kappa shape index (κ1) is 15.8. The summed E-state index contributed by atoms with van der Waals surface area (Å²) >= 11 is 0. The van der Waals surface area contributed by atoms with Crippen LogP contribution in [0.25, 0.3) is 0 Å². The zero-order chi connectivity index (χ0) is 16.3. The number of benzene rings is 1. The molecule has 3 N–H and O–H groups in total. The van der Waals surface area contributed by atoms with Crippen LogP contribution in [0.5, 0.6) is 0 Å². The van der Waals surface area contributed by atoms with Crippen molar-refractivity contribution in [1.82, 2.24) is 4.90 Å². The van der Waals surface area contributed by atoms with Crippen molar-refractivity contribution in [3.63, 3.8) is 0 Å². The van der Waals surface area contributed by atoms with Gasteiger partial charge in [-0.1, -0.05) is 18.2 Å². The maximum atomic E-state index is 13.3. The average Bonchev–Trinajstić information content (AvgIpc) is 2.75. The second-order valence-electron chi connectivity index (χ2n) is 4.85. The topological polar surface area (TPSA) is 101 Å². The molecule has 1 aliphatic heterocycles. The van der Waals surface area contributed by atoms with Gasteiger partial charge in [-0.15, -0.1) is 0 Å². The monoisotopic (exact) mass is 306 g/mol. The fourth-order valence-corrected chi connectivity index (χ4v) is 2.18. The van der Waals surface area contributed by atoms with Gasteiger partial charge in [0.25, 0.3) is 11.8 Å². The highest BCUT2D eigenvalue weighted by Gasteiger charge is 2.34. The highest BCUT2D eigenvalue weighted by Crippen LogP contribution is 2.22. The normalized spacial score (nSPS) is 15.9. The van der Waals surface area contributed by atoms with Crippen LogP contribution in [-0.4, -0.2) is 40.4 Å². The predicted octanol–water partition coefficient (Wildman–Crippen LogP) is 1.33. The van der Waals surface area contributed by atoms with Crippen LogP contribution in [-0.2, 0) is 4.79 Å². The number of unbranched alkanes of at least 4 members (excludes halogenated alkanes) is 1. The quantitative estimate of drug-likeness (QED) is 0.610.